The van der Waals surface area contributed by atoms with Crippen molar-refractivity contribution in [3.05, 3.63) is 29.3 Å². The van der Waals surface area contributed by atoms with Gasteiger partial charge < -0.3 is 15.0 Å². The van der Waals surface area contributed by atoms with E-state index in [0.29, 0.717) is 23.5 Å². The van der Waals surface area contributed by atoms with Gasteiger partial charge in [0.25, 0.3) is 5.24 Å². The molecule has 1 N–H and O–H groups in total. The fourth-order valence-electron chi connectivity index (χ4n) is 2.40. The first-order valence-electron chi connectivity index (χ1n) is 7.06. The lowest BCUT2D eigenvalue weighted by Gasteiger charge is -2.13. The van der Waals surface area contributed by atoms with E-state index in [4.69, 9.17) is 4.74 Å². The van der Waals surface area contributed by atoms with Gasteiger partial charge in [0.2, 0.25) is 5.91 Å². The highest BCUT2D eigenvalue weighted by Crippen LogP contribution is 2.24. The number of hydrogen-bond donors (Lipinski definition) is 1. The summed E-state index contributed by atoms with van der Waals surface area (Å²) in [5.74, 6) is -0.397. The summed E-state index contributed by atoms with van der Waals surface area (Å²) in [6, 6.07) is 4.88. The fraction of sp³-hybridized carbons (Fsp3) is 0.333. The molecule has 2 heterocycles. The second-order valence-corrected chi connectivity index (χ2v) is 6.26. The Bertz CT molecular complexity index is 703. The van der Waals surface area contributed by atoms with Gasteiger partial charge in [-0.1, -0.05) is 11.8 Å². The molecule has 1 fully saturated rings. The van der Waals surface area contributed by atoms with E-state index >= 15 is 0 Å². The third-order valence-electron chi connectivity index (χ3n) is 3.58. The molecule has 0 bridgehead atoms. The average molecular weight is 334 g/mol. The topological polar surface area (TPSA) is 92.8 Å². The van der Waals surface area contributed by atoms with Crippen LogP contribution >= 0.6 is 11.8 Å². The molecular weight excluding hydrogens is 320 g/mol. The highest BCUT2D eigenvalue weighted by molar-refractivity contribution is 8.13. The first kappa shape index (κ1) is 15.5. The number of esters is 1. The third-order valence-corrected chi connectivity index (χ3v) is 4.47. The molecule has 0 atom stereocenters. The molecule has 23 heavy (non-hydrogen) atoms. The van der Waals surface area contributed by atoms with Crippen LogP contribution in [0.5, 0.6) is 0 Å². The number of Topliss-reactive ketones (excluding diaryl/α,β-unsaturated/α-hetero) is 1. The minimum Gasteiger partial charge on any atom is -0.456 e. The molecule has 7 nitrogen and oxygen atoms in total. The van der Waals surface area contributed by atoms with Crippen molar-refractivity contribution >= 4 is 40.3 Å². The largest absolute Gasteiger partial charge is 0.456 e. The van der Waals surface area contributed by atoms with Crippen LogP contribution in [0.1, 0.15) is 15.9 Å². The SMILES string of the molecule is O=C1Cc2cc(C(=O)COC(=O)CN3CCSC3=O)ccc2N1. The summed E-state index contributed by atoms with van der Waals surface area (Å²) in [5.41, 5.74) is 1.85. The zero-order chi connectivity index (χ0) is 16.4. The normalized spacial score (nSPS) is 16.3. The predicted molar refractivity (Wildman–Crippen MR) is 83.5 cm³/mol. The van der Waals surface area contributed by atoms with E-state index in [0.717, 1.165) is 17.3 Å². The van der Waals surface area contributed by atoms with Crippen LogP contribution in [0.4, 0.5) is 10.5 Å². The molecule has 1 aromatic carbocycles. The Kier molecular flexibility index (Phi) is 4.33. The van der Waals surface area contributed by atoms with Crippen molar-refractivity contribution in [3.63, 3.8) is 0 Å². The number of anilines is 1. The minimum atomic E-state index is -0.604. The summed E-state index contributed by atoms with van der Waals surface area (Å²) >= 11 is 1.16. The van der Waals surface area contributed by atoms with Crippen molar-refractivity contribution in [1.82, 2.24) is 4.90 Å². The first-order valence-corrected chi connectivity index (χ1v) is 8.05. The Labute approximate surface area is 136 Å². The maximum absolute atomic E-state index is 12.1. The third kappa shape index (κ3) is 3.53. The van der Waals surface area contributed by atoms with Gasteiger partial charge in [0, 0.05) is 23.5 Å². The smallest absolute Gasteiger partial charge is 0.326 e. The zero-order valence-electron chi connectivity index (χ0n) is 12.2. The number of nitrogens with one attached hydrogen (secondary N) is 1. The average Bonchev–Trinajstić information content (AvgIpc) is 3.09. The first-order chi connectivity index (χ1) is 11.0. The van der Waals surface area contributed by atoms with Crippen molar-refractivity contribution in [3.8, 4) is 0 Å². The van der Waals surface area contributed by atoms with Gasteiger partial charge in [-0.15, -0.1) is 0 Å². The number of carbonyl (C=O) groups is 4. The van der Waals surface area contributed by atoms with Crippen LogP contribution in [0, 0.1) is 0 Å². The number of ketones is 1. The summed E-state index contributed by atoms with van der Waals surface area (Å²) < 4.78 is 4.93. The highest BCUT2D eigenvalue weighted by Gasteiger charge is 2.24. The van der Waals surface area contributed by atoms with Crippen LogP contribution in [0.3, 0.4) is 0 Å². The molecule has 8 heteroatoms. The molecule has 0 saturated carbocycles. The van der Waals surface area contributed by atoms with E-state index in [1.165, 1.54) is 4.90 Å². The standard InChI is InChI=1S/C15H14N2O5S/c18-12(8-22-14(20)7-17-3-4-23-15(17)21)9-1-2-11-10(5-9)6-13(19)16-11/h1-2,5H,3-4,6-8H2,(H,16,19). The van der Waals surface area contributed by atoms with E-state index in [-0.39, 0.29) is 36.5 Å². The zero-order valence-corrected chi connectivity index (χ0v) is 13.0. The van der Waals surface area contributed by atoms with Crippen molar-refractivity contribution in [2.45, 2.75) is 6.42 Å². The highest BCUT2D eigenvalue weighted by atomic mass is 32.2. The Balaban J connectivity index is 1.53. The maximum Gasteiger partial charge on any atom is 0.326 e. The monoisotopic (exact) mass is 334 g/mol. The summed E-state index contributed by atoms with van der Waals surface area (Å²) in [7, 11) is 0. The molecule has 0 aliphatic carbocycles. The number of amides is 2. The number of ether oxygens (including phenoxy) is 1. The van der Waals surface area contributed by atoms with E-state index in [1.807, 2.05) is 0 Å². The van der Waals surface area contributed by atoms with Crippen LogP contribution in [-0.4, -0.2) is 53.2 Å². The van der Waals surface area contributed by atoms with Crippen LogP contribution in [0.25, 0.3) is 0 Å². The molecule has 0 unspecified atom stereocenters. The Morgan fingerprint density at radius 1 is 1.30 bits per heavy atom. The molecule has 1 aromatic rings. The molecule has 1 saturated heterocycles. The molecule has 0 aromatic heterocycles. The number of hydrogen-bond acceptors (Lipinski definition) is 6. The van der Waals surface area contributed by atoms with E-state index < -0.39 is 5.97 Å². The molecule has 3 rings (SSSR count). The quantitative estimate of drug-likeness (QED) is 0.640. The van der Waals surface area contributed by atoms with Gasteiger partial charge in [-0.05, 0) is 23.8 Å². The Morgan fingerprint density at radius 2 is 2.13 bits per heavy atom. The number of fused-ring (bicyclic) bond motifs is 1. The Hall–Kier alpha value is -2.35. The summed E-state index contributed by atoms with van der Waals surface area (Å²) in [6.45, 7) is -0.00567. The van der Waals surface area contributed by atoms with Crippen LogP contribution in [0.15, 0.2) is 18.2 Å². The van der Waals surface area contributed by atoms with Gasteiger partial charge in [-0.2, -0.15) is 0 Å². The van der Waals surface area contributed by atoms with Gasteiger partial charge in [-0.25, -0.2) is 0 Å². The molecule has 0 spiro atoms. The molecule has 2 aliphatic rings. The fourth-order valence-corrected chi connectivity index (χ4v) is 3.23. The van der Waals surface area contributed by atoms with E-state index in [2.05, 4.69) is 5.32 Å². The molecule has 2 amide bonds. The number of nitrogens with zero attached hydrogens (tertiary/aromatic N) is 1. The number of carbonyl (C=O) groups excluding carboxylic acids is 4. The second-order valence-electron chi connectivity index (χ2n) is 5.22. The maximum atomic E-state index is 12.1. The van der Waals surface area contributed by atoms with E-state index in [9.17, 15) is 19.2 Å². The van der Waals surface area contributed by atoms with Crippen molar-refractivity contribution in [2.24, 2.45) is 0 Å². The van der Waals surface area contributed by atoms with Gasteiger partial charge >= 0.3 is 5.97 Å². The van der Waals surface area contributed by atoms with Crippen molar-refractivity contribution in [1.29, 1.82) is 0 Å². The predicted octanol–water partition coefficient (Wildman–Crippen LogP) is 1.08. The number of thioether (sulfide) groups is 1. The number of benzene rings is 1. The lowest BCUT2D eigenvalue weighted by molar-refractivity contribution is -0.142. The lowest BCUT2D eigenvalue weighted by atomic mass is 10.1. The molecule has 2 aliphatic heterocycles. The minimum absolute atomic E-state index is 0.107. The van der Waals surface area contributed by atoms with Gasteiger partial charge in [0.15, 0.2) is 12.4 Å². The molecule has 0 radical (unpaired) electrons. The second kappa shape index (κ2) is 6.41. The molecule has 120 valence electrons. The van der Waals surface area contributed by atoms with Crippen LogP contribution < -0.4 is 5.32 Å². The van der Waals surface area contributed by atoms with Crippen LogP contribution in [0.2, 0.25) is 0 Å². The summed E-state index contributed by atoms with van der Waals surface area (Å²) in [5, 5.41) is 2.53. The van der Waals surface area contributed by atoms with Gasteiger partial charge in [0.1, 0.15) is 6.54 Å². The number of rotatable bonds is 5. The summed E-state index contributed by atoms with van der Waals surface area (Å²) in [6.07, 6.45) is 0.241. The van der Waals surface area contributed by atoms with Crippen LogP contribution in [-0.2, 0) is 20.7 Å². The molecular formula is C15H14N2O5S. The van der Waals surface area contributed by atoms with E-state index in [1.54, 1.807) is 18.2 Å². The summed E-state index contributed by atoms with van der Waals surface area (Å²) in [4.78, 5) is 47.8. The van der Waals surface area contributed by atoms with Gasteiger partial charge in [0.05, 0.1) is 6.42 Å². The van der Waals surface area contributed by atoms with Crippen molar-refractivity contribution < 1.29 is 23.9 Å². The Morgan fingerprint density at radius 3 is 2.87 bits per heavy atom. The van der Waals surface area contributed by atoms with Gasteiger partial charge in [-0.3, -0.25) is 19.2 Å². The lowest BCUT2D eigenvalue weighted by Crippen LogP contribution is -2.31. The van der Waals surface area contributed by atoms with Crippen molar-refractivity contribution in [2.75, 3.05) is 30.8 Å².